The Morgan fingerprint density at radius 1 is 1.43 bits per heavy atom. The molecule has 0 heterocycles. The van der Waals surface area contributed by atoms with E-state index in [0.29, 0.717) is 12.1 Å². The van der Waals surface area contributed by atoms with E-state index in [1.165, 1.54) is 0 Å². The average molecular weight is 190 g/mol. The minimum absolute atomic E-state index is 0.0244. The maximum absolute atomic E-state index is 8.54. The quantitative estimate of drug-likeness (QED) is 0.741. The highest BCUT2D eigenvalue weighted by Gasteiger charge is 2.06. The molecule has 0 saturated carbocycles. The Hall–Kier alpha value is -1.69. The van der Waals surface area contributed by atoms with E-state index >= 15 is 0 Å². The number of rotatable bonds is 4. The predicted octanol–water partition coefficient (Wildman–Crippen LogP) is 2.34. The van der Waals surface area contributed by atoms with Crippen molar-refractivity contribution in [3.63, 3.8) is 0 Å². The van der Waals surface area contributed by atoms with Gasteiger partial charge in [0.25, 0.3) is 0 Å². The first-order valence-electron chi connectivity index (χ1n) is 4.65. The summed E-state index contributed by atoms with van der Waals surface area (Å²) in [6.07, 6.45) is 1.22. The maximum atomic E-state index is 8.54. The van der Waals surface area contributed by atoms with Crippen molar-refractivity contribution in [3.8, 4) is 11.8 Å². The van der Waals surface area contributed by atoms with Crippen LogP contribution >= 0.6 is 0 Å². The van der Waals surface area contributed by atoms with E-state index in [-0.39, 0.29) is 6.10 Å². The third-order valence-electron chi connectivity index (χ3n) is 1.96. The molecule has 0 bridgehead atoms. The number of nitrogens with zero attached hydrogens (tertiary/aromatic N) is 1. The lowest BCUT2D eigenvalue weighted by Crippen LogP contribution is -2.14. The molecule has 0 aromatic heterocycles. The van der Waals surface area contributed by atoms with Crippen LogP contribution in [-0.2, 0) is 0 Å². The van der Waals surface area contributed by atoms with Crippen molar-refractivity contribution in [2.24, 2.45) is 0 Å². The lowest BCUT2D eigenvalue weighted by molar-refractivity contribution is 0.202. The summed E-state index contributed by atoms with van der Waals surface area (Å²) in [4.78, 5) is 0. The van der Waals surface area contributed by atoms with Crippen molar-refractivity contribution in [1.82, 2.24) is 0 Å². The fraction of sp³-hybridized carbons (Fsp3) is 0.364. The van der Waals surface area contributed by atoms with Crippen LogP contribution in [0.5, 0.6) is 5.75 Å². The van der Waals surface area contributed by atoms with Gasteiger partial charge < -0.3 is 10.5 Å². The van der Waals surface area contributed by atoms with Crippen molar-refractivity contribution in [3.05, 3.63) is 24.3 Å². The van der Waals surface area contributed by atoms with Gasteiger partial charge in [-0.25, -0.2) is 0 Å². The van der Waals surface area contributed by atoms with Crippen molar-refractivity contribution in [2.75, 3.05) is 5.73 Å². The van der Waals surface area contributed by atoms with E-state index < -0.39 is 0 Å². The largest absolute Gasteiger partial charge is 0.489 e. The summed E-state index contributed by atoms with van der Waals surface area (Å²) in [6.45, 7) is 2.00. The number of hydrogen-bond donors (Lipinski definition) is 1. The van der Waals surface area contributed by atoms with Crippen LogP contribution in [0, 0.1) is 11.3 Å². The normalized spacial score (nSPS) is 11.7. The molecule has 3 nitrogen and oxygen atoms in total. The van der Waals surface area contributed by atoms with Gasteiger partial charge in [-0.15, -0.1) is 0 Å². The molecule has 3 heteroatoms. The zero-order chi connectivity index (χ0) is 10.4. The highest BCUT2D eigenvalue weighted by atomic mass is 16.5. The highest BCUT2D eigenvalue weighted by molar-refractivity contribution is 5.41. The second-order valence-corrected chi connectivity index (χ2v) is 3.08. The molecule has 0 radical (unpaired) electrons. The van der Waals surface area contributed by atoms with Gasteiger partial charge in [-0.3, -0.25) is 0 Å². The molecule has 1 aromatic carbocycles. The van der Waals surface area contributed by atoms with E-state index in [4.69, 9.17) is 15.7 Å². The summed E-state index contributed by atoms with van der Waals surface area (Å²) < 4.78 is 5.58. The minimum Gasteiger partial charge on any atom is -0.489 e. The molecule has 1 unspecified atom stereocenters. The average Bonchev–Trinajstić information content (AvgIpc) is 2.20. The van der Waals surface area contributed by atoms with Gasteiger partial charge in [-0.2, -0.15) is 5.26 Å². The number of nitrogen functional groups attached to an aromatic ring is 1. The van der Waals surface area contributed by atoms with Crippen LogP contribution < -0.4 is 10.5 Å². The molecule has 0 spiro atoms. The van der Waals surface area contributed by atoms with Crippen molar-refractivity contribution in [1.29, 1.82) is 5.26 Å². The molecular formula is C11H14N2O. The van der Waals surface area contributed by atoms with Gasteiger partial charge in [0.05, 0.1) is 12.5 Å². The zero-order valence-corrected chi connectivity index (χ0v) is 8.23. The van der Waals surface area contributed by atoms with Crippen molar-refractivity contribution < 1.29 is 4.74 Å². The van der Waals surface area contributed by atoms with Crippen LogP contribution in [0.1, 0.15) is 19.8 Å². The molecule has 0 amide bonds. The third kappa shape index (κ3) is 2.98. The Morgan fingerprint density at radius 2 is 2.07 bits per heavy atom. The highest BCUT2D eigenvalue weighted by Crippen LogP contribution is 2.16. The van der Waals surface area contributed by atoms with Gasteiger partial charge in [-0.05, 0) is 30.7 Å². The predicted molar refractivity (Wildman–Crippen MR) is 55.8 cm³/mol. The molecule has 1 atom stereocenters. The molecule has 1 aromatic rings. The summed E-state index contributed by atoms with van der Waals surface area (Å²) in [5, 5.41) is 8.54. The molecule has 74 valence electrons. The van der Waals surface area contributed by atoms with Crippen LogP contribution in [0.25, 0.3) is 0 Å². The standard InChI is InChI=1S/C11H14N2O/c1-2-10(7-8-12)14-11-5-3-9(13)4-6-11/h3-6,10H,2,7,13H2,1H3. The fourth-order valence-corrected chi connectivity index (χ4v) is 1.11. The molecule has 2 N–H and O–H groups in total. The van der Waals surface area contributed by atoms with Crippen LogP contribution in [0.4, 0.5) is 5.69 Å². The first-order valence-corrected chi connectivity index (χ1v) is 4.65. The van der Waals surface area contributed by atoms with Gasteiger partial charge in [0, 0.05) is 5.69 Å². The van der Waals surface area contributed by atoms with Gasteiger partial charge in [0.2, 0.25) is 0 Å². The first-order chi connectivity index (χ1) is 6.76. The Balaban J connectivity index is 2.59. The Kier molecular flexibility index (Phi) is 3.81. The molecule has 1 rings (SSSR count). The smallest absolute Gasteiger partial charge is 0.119 e. The Morgan fingerprint density at radius 3 is 2.57 bits per heavy atom. The van der Waals surface area contributed by atoms with Crippen LogP contribution in [0.3, 0.4) is 0 Å². The molecule has 0 aliphatic carbocycles. The van der Waals surface area contributed by atoms with E-state index in [0.717, 1.165) is 12.2 Å². The Bertz CT molecular complexity index is 313. The third-order valence-corrected chi connectivity index (χ3v) is 1.96. The van der Waals surface area contributed by atoms with Crippen LogP contribution in [-0.4, -0.2) is 6.10 Å². The summed E-state index contributed by atoms with van der Waals surface area (Å²) in [7, 11) is 0. The topological polar surface area (TPSA) is 59.0 Å². The van der Waals surface area contributed by atoms with E-state index in [9.17, 15) is 0 Å². The second kappa shape index (κ2) is 5.13. The monoisotopic (exact) mass is 190 g/mol. The number of nitriles is 1. The zero-order valence-electron chi connectivity index (χ0n) is 8.23. The minimum atomic E-state index is -0.0244. The number of hydrogen-bond acceptors (Lipinski definition) is 3. The van der Waals surface area contributed by atoms with E-state index in [1.54, 1.807) is 12.1 Å². The van der Waals surface area contributed by atoms with E-state index in [2.05, 4.69) is 6.07 Å². The molecule has 0 aliphatic heterocycles. The Labute approximate surface area is 84.1 Å². The molecule has 0 aliphatic rings. The molecule has 14 heavy (non-hydrogen) atoms. The van der Waals surface area contributed by atoms with Crippen molar-refractivity contribution >= 4 is 5.69 Å². The number of ether oxygens (including phenoxy) is 1. The molecule has 0 fully saturated rings. The summed E-state index contributed by atoms with van der Waals surface area (Å²) in [5.74, 6) is 0.765. The number of nitrogens with two attached hydrogens (primary N) is 1. The first kappa shape index (κ1) is 10.4. The van der Waals surface area contributed by atoms with Gasteiger partial charge in [0.15, 0.2) is 0 Å². The number of anilines is 1. The second-order valence-electron chi connectivity index (χ2n) is 3.08. The fourth-order valence-electron chi connectivity index (χ4n) is 1.11. The maximum Gasteiger partial charge on any atom is 0.119 e. The summed E-state index contributed by atoms with van der Waals surface area (Å²) >= 11 is 0. The van der Waals surface area contributed by atoms with Gasteiger partial charge in [0.1, 0.15) is 11.9 Å². The molecular weight excluding hydrogens is 176 g/mol. The lowest BCUT2D eigenvalue weighted by atomic mass is 10.2. The van der Waals surface area contributed by atoms with Gasteiger partial charge >= 0.3 is 0 Å². The van der Waals surface area contributed by atoms with Crippen molar-refractivity contribution in [2.45, 2.75) is 25.9 Å². The summed E-state index contributed by atoms with van der Waals surface area (Å²) in [5.41, 5.74) is 6.25. The lowest BCUT2D eigenvalue weighted by Gasteiger charge is -2.14. The SMILES string of the molecule is CCC(CC#N)Oc1ccc(N)cc1. The van der Waals surface area contributed by atoms with Gasteiger partial charge in [-0.1, -0.05) is 6.92 Å². The van der Waals surface area contributed by atoms with Crippen LogP contribution in [0.2, 0.25) is 0 Å². The van der Waals surface area contributed by atoms with E-state index in [1.807, 2.05) is 19.1 Å². The number of benzene rings is 1. The molecule has 0 saturated heterocycles. The summed E-state index contributed by atoms with van der Waals surface area (Å²) in [6, 6.07) is 9.30. The van der Waals surface area contributed by atoms with Crippen LogP contribution in [0.15, 0.2) is 24.3 Å².